The number of nitrogens with one attached hydrogen (secondary N) is 1. The second-order valence-corrected chi connectivity index (χ2v) is 8.28. The highest BCUT2D eigenvalue weighted by atomic mass is 32.2. The molecule has 1 fully saturated rings. The first-order valence-electron chi connectivity index (χ1n) is 8.84. The third-order valence-electron chi connectivity index (χ3n) is 4.86. The molecule has 132 valence electrons. The summed E-state index contributed by atoms with van der Waals surface area (Å²) in [6.45, 7) is 3.08. The van der Waals surface area contributed by atoms with E-state index in [0.29, 0.717) is 25.7 Å². The van der Waals surface area contributed by atoms with Crippen molar-refractivity contribution in [3.8, 4) is 0 Å². The average molecular weight is 350 g/mol. The quantitative estimate of drug-likeness (QED) is 0.829. The van der Waals surface area contributed by atoms with Gasteiger partial charge in [0.1, 0.15) is 0 Å². The van der Waals surface area contributed by atoms with Gasteiger partial charge in [0, 0.05) is 38.8 Å². The zero-order valence-electron chi connectivity index (χ0n) is 14.1. The molecule has 1 aliphatic heterocycles. The lowest BCUT2D eigenvalue weighted by Crippen LogP contribution is -2.53. The molecule has 1 atom stereocenters. The summed E-state index contributed by atoms with van der Waals surface area (Å²) in [6.07, 6.45) is 9.48. The van der Waals surface area contributed by atoms with Crippen LogP contribution in [-0.2, 0) is 16.8 Å². The van der Waals surface area contributed by atoms with E-state index >= 15 is 0 Å². The Hall–Kier alpha value is -1.21. The van der Waals surface area contributed by atoms with E-state index in [1.165, 1.54) is 25.7 Å². The van der Waals surface area contributed by atoms with Crippen molar-refractivity contribution in [3.63, 3.8) is 0 Å². The van der Waals surface area contributed by atoms with Crippen LogP contribution < -0.4 is 4.72 Å². The van der Waals surface area contributed by atoms with Gasteiger partial charge >= 0.3 is 0 Å². The minimum Gasteiger partial charge on any atom is -0.294 e. The summed E-state index contributed by atoms with van der Waals surface area (Å²) in [4.78, 5) is 2.42. The normalized spacial score (nSPS) is 23.9. The predicted molar refractivity (Wildman–Crippen MR) is 96.7 cm³/mol. The van der Waals surface area contributed by atoms with Gasteiger partial charge in [0.05, 0.1) is 0 Å². The minimum atomic E-state index is -3.40. The number of allylic oxidation sites excluding steroid dienone is 1. The molecule has 3 rings (SSSR count). The van der Waals surface area contributed by atoms with E-state index in [0.717, 1.165) is 18.7 Å². The van der Waals surface area contributed by atoms with E-state index < -0.39 is 10.2 Å². The van der Waals surface area contributed by atoms with E-state index in [-0.39, 0.29) is 0 Å². The number of benzene rings is 1. The summed E-state index contributed by atoms with van der Waals surface area (Å²) in [7, 11) is -3.40. The van der Waals surface area contributed by atoms with Gasteiger partial charge in [-0.25, -0.2) is 0 Å². The molecule has 0 bridgehead atoms. The molecule has 1 aromatic rings. The lowest BCUT2D eigenvalue weighted by atomic mass is 10.1. The maximum Gasteiger partial charge on any atom is 0.279 e. The molecular formula is C18H27N3O2S. The van der Waals surface area contributed by atoms with Gasteiger partial charge in [-0.3, -0.25) is 4.90 Å². The van der Waals surface area contributed by atoms with Crippen molar-refractivity contribution in [2.24, 2.45) is 0 Å². The largest absolute Gasteiger partial charge is 0.294 e. The molecular weight excluding hydrogens is 322 g/mol. The maximum atomic E-state index is 12.5. The maximum absolute atomic E-state index is 12.5. The van der Waals surface area contributed by atoms with Crippen LogP contribution in [0.4, 0.5) is 0 Å². The van der Waals surface area contributed by atoms with Crippen LogP contribution in [0.5, 0.6) is 0 Å². The molecule has 2 aliphatic rings. The third kappa shape index (κ3) is 4.66. The molecule has 0 aromatic heterocycles. The fraction of sp³-hybridized carbons (Fsp3) is 0.556. The highest BCUT2D eigenvalue weighted by Gasteiger charge is 2.29. The summed E-state index contributed by atoms with van der Waals surface area (Å²) in [6, 6.07) is 10.1. The van der Waals surface area contributed by atoms with Crippen LogP contribution in [0.3, 0.4) is 0 Å². The Kier molecular flexibility index (Phi) is 6.05. The van der Waals surface area contributed by atoms with Crippen molar-refractivity contribution in [3.05, 3.63) is 48.0 Å². The van der Waals surface area contributed by atoms with Gasteiger partial charge in [0.15, 0.2) is 0 Å². The summed E-state index contributed by atoms with van der Waals surface area (Å²) < 4.78 is 29.2. The lowest BCUT2D eigenvalue weighted by Gasteiger charge is -2.37. The molecule has 1 N–H and O–H groups in total. The topological polar surface area (TPSA) is 52.7 Å². The number of rotatable bonds is 5. The van der Waals surface area contributed by atoms with E-state index in [4.69, 9.17) is 0 Å². The van der Waals surface area contributed by atoms with Crippen molar-refractivity contribution in [1.29, 1.82) is 0 Å². The van der Waals surface area contributed by atoms with Gasteiger partial charge < -0.3 is 0 Å². The number of hydrogen-bond acceptors (Lipinski definition) is 3. The van der Waals surface area contributed by atoms with Crippen molar-refractivity contribution in [1.82, 2.24) is 13.9 Å². The van der Waals surface area contributed by atoms with Crippen LogP contribution >= 0.6 is 0 Å². The molecule has 6 heteroatoms. The molecule has 1 saturated heterocycles. The van der Waals surface area contributed by atoms with Crippen molar-refractivity contribution in [2.75, 3.05) is 26.2 Å². The highest BCUT2D eigenvalue weighted by Crippen LogP contribution is 2.18. The summed E-state index contributed by atoms with van der Waals surface area (Å²) in [5.41, 5.74) is 0.975. The first-order valence-corrected chi connectivity index (χ1v) is 10.3. The monoisotopic (exact) mass is 349 g/mol. The summed E-state index contributed by atoms with van der Waals surface area (Å²) >= 11 is 0. The SMILES string of the molecule is O=S(=O)(NCc1ccccc1)N1CCN(C2C=CCCCC2)CC1. The fourth-order valence-corrected chi connectivity index (χ4v) is 4.58. The molecule has 24 heavy (non-hydrogen) atoms. The molecule has 0 radical (unpaired) electrons. The Morgan fingerprint density at radius 2 is 1.79 bits per heavy atom. The van der Waals surface area contributed by atoms with Crippen molar-refractivity contribution >= 4 is 10.2 Å². The van der Waals surface area contributed by atoms with Crippen LogP contribution in [0.1, 0.15) is 31.2 Å². The third-order valence-corrected chi connectivity index (χ3v) is 6.42. The van der Waals surface area contributed by atoms with Crippen LogP contribution in [0.2, 0.25) is 0 Å². The second kappa shape index (κ2) is 8.25. The molecule has 1 aromatic carbocycles. The van der Waals surface area contributed by atoms with Crippen LogP contribution in [0, 0.1) is 0 Å². The number of nitrogens with zero attached hydrogens (tertiary/aromatic N) is 2. The Balaban J connectivity index is 1.51. The first kappa shape index (κ1) is 17.6. The molecule has 5 nitrogen and oxygen atoms in total. The van der Waals surface area contributed by atoms with Gasteiger partial charge in [0.2, 0.25) is 0 Å². The van der Waals surface area contributed by atoms with E-state index in [2.05, 4.69) is 21.8 Å². The molecule has 1 heterocycles. The highest BCUT2D eigenvalue weighted by molar-refractivity contribution is 7.87. The smallest absolute Gasteiger partial charge is 0.279 e. The second-order valence-electron chi connectivity index (χ2n) is 6.53. The van der Waals surface area contributed by atoms with Gasteiger partial charge in [-0.1, -0.05) is 48.9 Å². The Morgan fingerprint density at radius 3 is 2.54 bits per heavy atom. The Bertz CT molecular complexity index is 637. The molecule has 0 amide bonds. The molecule has 0 saturated carbocycles. The minimum absolute atomic E-state index is 0.342. The average Bonchev–Trinajstić information content (AvgIpc) is 2.91. The number of piperazine rings is 1. The zero-order valence-corrected chi connectivity index (χ0v) is 14.9. The van der Waals surface area contributed by atoms with E-state index in [1.54, 1.807) is 4.31 Å². The van der Waals surface area contributed by atoms with Gasteiger partial charge in [-0.15, -0.1) is 0 Å². The molecule has 0 spiro atoms. The van der Waals surface area contributed by atoms with Crippen LogP contribution in [-0.4, -0.2) is 49.8 Å². The van der Waals surface area contributed by atoms with Gasteiger partial charge in [-0.2, -0.15) is 17.4 Å². The van der Waals surface area contributed by atoms with Crippen molar-refractivity contribution < 1.29 is 8.42 Å². The molecule has 1 unspecified atom stereocenters. The van der Waals surface area contributed by atoms with Gasteiger partial charge in [0.25, 0.3) is 10.2 Å². The van der Waals surface area contributed by atoms with E-state index in [9.17, 15) is 8.42 Å². The summed E-state index contributed by atoms with van der Waals surface area (Å²) in [5.74, 6) is 0. The van der Waals surface area contributed by atoms with Gasteiger partial charge in [-0.05, 0) is 24.8 Å². The molecule has 1 aliphatic carbocycles. The standard InChI is InChI=1S/C18H27N3O2S/c22-24(23,19-16-17-8-4-3-5-9-17)21-14-12-20(13-15-21)18-10-6-1-2-7-11-18/h3-6,8-10,18-19H,1-2,7,11-16H2. The van der Waals surface area contributed by atoms with E-state index in [1.807, 2.05) is 30.3 Å². The fourth-order valence-electron chi connectivity index (χ4n) is 3.41. The van der Waals surface area contributed by atoms with Crippen LogP contribution in [0.15, 0.2) is 42.5 Å². The predicted octanol–water partition coefficient (Wildman–Crippen LogP) is 2.14. The number of hydrogen-bond donors (Lipinski definition) is 1. The zero-order chi connectivity index (χ0) is 16.8. The summed E-state index contributed by atoms with van der Waals surface area (Å²) in [5, 5.41) is 0. The van der Waals surface area contributed by atoms with Crippen molar-refractivity contribution in [2.45, 2.75) is 38.3 Å². The Morgan fingerprint density at radius 1 is 1.04 bits per heavy atom. The van der Waals surface area contributed by atoms with Crippen LogP contribution in [0.25, 0.3) is 0 Å². The Labute approximate surface area is 145 Å². The lowest BCUT2D eigenvalue weighted by molar-refractivity contribution is 0.152. The first-order chi connectivity index (χ1) is 11.6.